The van der Waals surface area contributed by atoms with Crippen molar-refractivity contribution in [1.29, 1.82) is 0 Å². The van der Waals surface area contributed by atoms with Crippen molar-refractivity contribution >= 4 is 23.3 Å². The fraction of sp³-hybridized carbons (Fsp3) is 0.200. The summed E-state index contributed by atoms with van der Waals surface area (Å²) in [5.41, 5.74) is 1.60. The van der Waals surface area contributed by atoms with Crippen molar-refractivity contribution in [3.05, 3.63) is 46.7 Å². The summed E-state index contributed by atoms with van der Waals surface area (Å²) in [6.45, 7) is 0. The van der Waals surface area contributed by atoms with Crippen LogP contribution in [0.15, 0.2) is 30.5 Å². The summed E-state index contributed by atoms with van der Waals surface area (Å²) in [6.07, 6.45) is 1.48. The molecule has 2 rings (SSSR count). The molecule has 1 unspecified atom stereocenters. The van der Waals surface area contributed by atoms with Gasteiger partial charge in [0.15, 0.2) is 0 Å². The Labute approximate surface area is 96.7 Å². The van der Waals surface area contributed by atoms with Gasteiger partial charge < -0.3 is 5.11 Å². The highest BCUT2D eigenvalue weighted by Gasteiger charge is 2.11. The molecule has 15 heavy (non-hydrogen) atoms. The summed E-state index contributed by atoms with van der Waals surface area (Å²) >= 11 is 6.94. The van der Waals surface area contributed by atoms with Crippen LogP contribution in [-0.2, 0) is 6.42 Å². The summed E-state index contributed by atoms with van der Waals surface area (Å²) in [5.74, 6) is 0. The Morgan fingerprint density at radius 3 is 3.00 bits per heavy atom. The van der Waals surface area contributed by atoms with E-state index in [4.69, 9.17) is 11.6 Å². The molecular formula is C10H9ClN2OS. The number of hydrogen-bond donors (Lipinski definition) is 1. The Morgan fingerprint density at radius 2 is 2.33 bits per heavy atom. The number of halogens is 1. The average Bonchev–Trinajstić information content (AvgIpc) is 2.70. The molecule has 0 fully saturated rings. The van der Waals surface area contributed by atoms with Crippen LogP contribution in [0.1, 0.15) is 17.4 Å². The molecule has 1 aromatic heterocycles. The first-order valence-electron chi connectivity index (χ1n) is 4.45. The van der Waals surface area contributed by atoms with Crippen LogP contribution < -0.4 is 0 Å². The zero-order valence-electron chi connectivity index (χ0n) is 7.80. The van der Waals surface area contributed by atoms with E-state index in [2.05, 4.69) is 8.75 Å². The van der Waals surface area contributed by atoms with Crippen molar-refractivity contribution in [3.63, 3.8) is 0 Å². The summed E-state index contributed by atoms with van der Waals surface area (Å²) in [5, 5.41) is 10.5. The number of aliphatic hydroxyl groups excluding tert-OH is 1. The van der Waals surface area contributed by atoms with Gasteiger partial charge in [-0.2, -0.15) is 8.75 Å². The van der Waals surface area contributed by atoms with Crippen LogP contribution in [0.3, 0.4) is 0 Å². The maximum absolute atomic E-state index is 9.81. The summed E-state index contributed by atoms with van der Waals surface area (Å²) in [4.78, 5) is 0. The fourth-order valence-corrected chi connectivity index (χ4v) is 1.99. The van der Waals surface area contributed by atoms with E-state index in [1.54, 1.807) is 6.20 Å². The van der Waals surface area contributed by atoms with E-state index in [0.29, 0.717) is 17.1 Å². The third-order valence-electron chi connectivity index (χ3n) is 2.04. The lowest BCUT2D eigenvalue weighted by molar-refractivity contribution is 0.174. The average molecular weight is 241 g/mol. The number of nitrogens with zero attached hydrogens (tertiary/aromatic N) is 2. The lowest BCUT2D eigenvalue weighted by atomic mass is 10.1. The summed E-state index contributed by atoms with van der Waals surface area (Å²) in [6, 6.07) is 7.44. The van der Waals surface area contributed by atoms with Crippen LogP contribution in [0.25, 0.3) is 0 Å². The third kappa shape index (κ3) is 2.75. The van der Waals surface area contributed by atoms with Crippen molar-refractivity contribution < 1.29 is 5.11 Å². The van der Waals surface area contributed by atoms with Gasteiger partial charge in [0.25, 0.3) is 0 Å². The highest BCUT2D eigenvalue weighted by atomic mass is 35.5. The highest BCUT2D eigenvalue weighted by Crippen LogP contribution is 2.18. The third-order valence-corrected chi connectivity index (χ3v) is 2.77. The SMILES string of the molecule is OC(Cc1cccc(Cl)c1)c1cnsn1. The van der Waals surface area contributed by atoms with Gasteiger partial charge in [-0.3, -0.25) is 0 Å². The van der Waals surface area contributed by atoms with E-state index in [-0.39, 0.29) is 0 Å². The zero-order chi connectivity index (χ0) is 10.7. The summed E-state index contributed by atoms with van der Waals surface area (Å²) < 4.78 is 7.83. The van der Waals surface area contributed by atoms with E-state index in [0.717, 1.165) is 17.3 Å². The quantitative estimate of drug-likeness (QED) is 0.897. The van der Waals surface area contributed by atoms with Crippen LogP contribution in [0.2, 0.25) is 5.02 Å². The number of hydrogen-bond acceptors (Lipinski definition) is 4. The molecule has 1 aromatic carbocycles. The first kappa shape index (κ1) is 10.5. The minimum absolute atomic E-state index is 0.506. The highest BCUT2D eigenvalue weighted by molar-refractivity contribution is 6.99. The van der Waals surface area contributed by atoms with Crippen molar-refractivity contribution in [2.45, 2.75) is 12.5 Å². The van der Waals surface area contributed by atoms with Gasteiger partial charge in [0.2, 0.25) is 0 Å². The van der Waals surface area contributed by atoms with Crippen LogP contribution in [-0.4, -0.2) is 13.9 Å². The molecular weight excluding hydrogens is 232 g/mol. The second kappa shape index (κ2) is 4.70. The number of aliphatic hydroxyl groups is 1. The number of rotatable bonds is 3. The molecule has 0 saturated carbocycles. The zero-order valence-corrected chi connectivity index (χ0v) is 9.37. The molecule has 1 N–H and O–H groups in total. The van der Waals surface area contributed by atoms with Crippen LogP contribution in [0.4, 0.5) is 0 Å². The van der Waals surface area contributed by atoms with Gasteiger partial charge in [0.05, 0.1) is 17.9 Å². The lowest BCUT2D eigenvalue weighted by Gasteiger charge is -2.07. The maximum Gasteiger partial charge on any atom is 0.103 e. The molecule has 0 bridgehead atoms. The van der Waals surface area contributed by atoms with Gasteiger partial charge in [-0.25, -0.2) is 0 Å². The Balaban J connectivity index is 2.09. The number of benzene rings is 1. The molecule has 5 heteroatoms. The molecule has 78 valence electrons. The van der Waals surface area contributed by atoms with Gasteiger partial charge in [0.1, 0.15) is 11.8 Å². The first-order valence-corrected chi connectivity index (χ1v) is 5.56. The van der Waals surface area contributed by atoms with Gasteiger partial charge in [-0.1, -0.05) is 23.7 Å². The Kier molecular flexibility index (Phi) is 3.30. The predicted molar refractivity (Wildman–Crippen MR) is 60.0 cm³/mol. The normalized spacial score (nSPS) is 12.7. The lowest BCUT2D eigenvalue weighted by Crippen LogP contribution is -2.01. The maximum atomic E-state index is 9.81. The van der Waals surface area contributed by atoms with Crippen LogP contribution in [0, 0.1) is 0 Å². The molecule has 0 aliphatic heterocycles. The molecule has 1 heterocycles. The molecule has 1 atom stereocenters. The van der Waals surface area contributed by atoms with E-state index >= 15 is 0 Å². The Morgan fingerprint density at radius 1 is 1.47 bits per heavy atom. The first-order chi connectivity index (χ1) is 7.25. The second-order valence-corrected chi connectivity index (χ2v) is 4.18. The van der Waals surface area contributed by atoms with Crippen molar-refractivity contribution in [2.75, 3.05) is 0 Å². The van der Waals surface area contributed by atoms with Gasteiger partial charge in [-0.05, 0) is 17.7 Å². The molecule has 3 nitrogen and oxygen atoms in total. The minimum atomic E-state index is -0.609. The van der Waals surface area contributed by atoms with E-state index < -0.39 is 6.10 Å². The predicted octanol–water partition coefficient (Wildman–Crippen LogP) is 2.47. The molecule has 0 saturated heterocycles. The molecule has 0 radical (unpaired) electrons. The standard InChI is InChI=1S/C10H9ClN2OS/c11-8-3-1-2-7(4-8)5-10(14)9-6-12-15-13-9/h1-4,6,10,14H,5H2. The molecule has 0 spiro atoms. The van der Waals surface area contributed by atoms with Crippen molar-refractivity contribution in [3.8, 4) is 0 Å². The molecule has 2 aromatic rings. The molecule has 0 aliphatic rings. The van der Waals surface area contributed by atoms with Gasteiger partial charge >= 0.3 is 0 Å². The van der Waals surface area contributed by atoms with E-state index in [9.17, 15) is 5.11 Å². The summed E-state index contributed by atoms with van der Waals surface area (Å²) in [7, 11) is 0. The molecule has 0 amide bonds. The van der Waals surface area contributed by atoms with E-state index in [1.807, 2.05) is 24.3 Å². The Hall–Kier alpha value is -0.970. The van der Waals surface area contributed by atoms with Crippen LogP contribution in [0.5, 0.6) is 0 Å². The fourth-order valence-electron chi connectivity index (χ4n) is 1.31. The molecule has 0 aliphatic carbocycles. The monoisotopic (exact) mass is 240 g/mol. The topological polar surface area (TPSA) is 46.0 Å². The largest absolute Gasteiger partial charge is 0.386 e. The Bertz CT molecular complexity index is 433. The smallest absolute Gasteiger partial charge is 0.103 e. The van der Waals surface area contributed by atoms with Gasteiger partial charge in [-0.15, -0.1) is 0 Å². The van der Waals surface area contributed by atoms with Crippen LogP contribution >= 0.6 is 23.3 Å². The minimum Gasteiger partial charge on any atom is -0.386 e. The number of aromatic nitrogens is 2. The van der Waals surface area contributed by atoms with Gasteiger partial charge in [0, 0.05) is 11.4 Å². The second-order valence-electron chi connectivity index (χ2n) is 3.18. The van der Waals surface area contributed by atoms with E-state index in [1.165, 1.54) is 0 Å². The van der Waals surface area contributed by atoms with Crippen molar-refractivity contribution in [1.82, 2.24) is 8.75 Å². The van der Waals surface area contributed by atoms with Crippen molar-refractivity contribution in [2.24, 2.45) is 0 Å².